The summed E-state index contributed by atoms with van der Waals surface area (Å²) in [6, 6.07) is 0. The molecule has 0 aliphatic carbocycles. The summed E-state index contributed by atoms with van der Waals surface area (Å²) in [7, 11) is 0. The number of hydrogen-bond acceptors (Lipinski definition) is 2. The molecule has 0 N–H and O–H groups in total. The lowest BCUT2D eigenvalue weighted by Crippen LogP contribution is -1.96. The molecular formula is C12H16N2S. The Balaban J connectivity index is 2.99. The normalized spacial score (nSPS) is 20.0. The van der Waals surface area contributed by atoms with Crippen LogP contribution in [0.2, 0.25) is 0 Å². The molecule has 0 unspecified atom stereocenters. The minimum atomic E-state index is 0.365. The summed E-state index contributed by atoms with van der Waals surface area (Å²) in [5.41, 5.74) is 0.986. The smallest absolute Gasteiger partial charge is 0.166 e. The lowest BCUT2D eigenvalue weighted by molar-refractivity contribution is 0.758. The van der Waals surface area contributed by atoms with Crippen LogP contribution in [0.4, 0.5) is 0 Å². The Labute approximate surface area is 95.6 Å². The highest BCUT2D eigenvalue weighted by molar-refractivity contribution is 8.18. The third kappa shape index (κ3) is 3.20. The number of allylic oxidation sites excluding steroid dienone is 3. The first-order valence-electron chi connectivity index (χ1n) is 4.88. The van der Waals surface area contributed by atoms with E-state index in [4.69, 9.17) is 0 Å². The first-order valence-corrected chi connectivity index (χ1v) is 5.70. The molecule has 3 heteroatoms. The van der Waals surface area contributed by atoms with Gasteiger partial charge in [-0.15, -0.1) is 0 Å². The second-order valence-electron chi connectivity index (χ2n) is 3.57. The quantitative estimate of drug-likeness (QED) is 0.664. The van der Waals surface area contributed by atoms with Gasteiger partial charge in [0.05, 0.1) is 9.95 Å². The summed E-state index contributed by atoms with van der Waals surface area (Å²) in [5.74, 6) is 1.10. The zero-order valence-electron chi connectivity index (χ0n) is 9.45. The van der Waals surface area contributed by atoms with Crippen molar-refractivity contribution in [1.29, 1.82) is 0 Å². The van der Waals surface area contributed by atoms with Gasteiger partial charge < -0.3 is 0 Å². The molecule has 0 aromatic rings. The van der Waals surface area contributed by atoms with Crippen LogP contribution in [0.25, 0.3) is 0 Å². The van der Waals surface area contributed by atoms with Crippen molar-refractivity contribution in [3.63, 3.8) is 0 Å². The minimum absolute atomic E-state index is 0.365. The average molecular weight is 220 g/mol. The predicted molar refractivity (Wildman–Crippen MR) is 70.4 cm³/mol. The lowest BCUT2D eigenvalue weighted by atomic mass is 10.1. The molecule has 1 heterocycles. The van der Waals surface area contributed by atoms with Crippen LogP contribution in [-0.2, 0) is 0 Å². The topological polar surface area (TPSA) is 24.7 Å². The summed E-state index contributed by atoms with van der Waals surface area (Å²) >= 11 is 1.57. The molecule has 2 nitrogen and oxygen atoms in total. The van der Waals surface area contributed by atoms with Gasteiger partial charge in [-0.1, -0.05) is 44.8 Å². The van der Waals surface area contributed by atoms with Crippen molar-refractivity contribution in [2.45, 2.75) is 20.8 Å². The van der Waals surface area contributed by atoms with E-state index in [2.05, 4.69) is 37.0 Å². The maximum absolute atomic E-state index is 4.49. The molecule has 0 fully saturated rings. The molecular weight excluding hydrogens is 204 g/mol. The molecule has 0 saturated carbocycles. The molecule has 1 rings (SSSR count). The third-order valence-corrected chi connectivity index (χ3v) is 2.71. The zero-order chi connectivity index (χ0) is 11.4. The fourth-order valence-corrected chi connectivity index (χ4v) is 1.82. The van der Waals surface area contributed by atoms with E-state index in [1.54, 1.807) is 17.8 Å². The standard InChI is InChI=1S/C12H16N2S/c1-6-7-11(8(2)3)14-12-9(4)15-10(5)13-12/h6-8H,1,4H2,2-3,5H3/b11-7-,14-12?. The van der Waals surface area contributed by atoms with Crippen LogP contribution in [-0.4, -0.2) is 10.9 Å². The van der Waals surface area contributed by atoms with Gasteiger partial charge in [-0.25, -0.2) is 9.98 Å². The van der Waals surface area contributed by atoms with E-state index < -0.39 is 0 Å². The van der Waals surface area contributed by atoms with Gasteiger partial charge in [0.1, 0.15) is 0 Å². The molecule has 0 saturated heterocycles. The minimum Gasteiger partial charge on any atom is -0.232 e. The number of rotatable bonds is 3. The third-order valence-electron chi connectivity index (χ3n) is 1.90. The summed E-state index contributed by atoms with van der Waals surface area (Å²) < 4.78 is 0. The SMILES string of the molecule is C=C/C=C(\N=C1N=C(C)SC1=C)C(C)C. The fraction of sp³-hybridized carbons (Fsp3) is 0.333. The van der Waals surface area contributed by atoms with Crippen molar-refractivity contribution < 1.29 is 0 Å². The van der Waals surface area contributed by atoms with Gasteiger partial charge in [-0.05, 0) is 18.9 Å². The van der Waals surface area contributed by atoms with Gasteiger partial charge in [-0.2, -0.15) is 0 Å². The van der Waals surface area contributed by atoms with Crippen molar-refractivity contribution in [2.75, 3.05) is 0 Å². The highest BCUT2D eigenvalue weighted by Gasteiger charge is 2.15. The summed E-state index contributed by atoms with van der Waals surface area (Å²) in [5, 5.41) is 1.00. The fourth-order valence-electron chi connectivity index (χ4n) is 1.15. The van der Waals surface area contributed by atoms with Crippen molar-refractivity contribution in [2.24, 2.45) is 15.9 Å². The number of thioether (sulfide) groups is 1. The Morgan fingerprint density at radius 1 is 1.53 bits per heavy atom. The molecule has 0 bridgehead atoms. The van der Waals surface area contributed by atoms with Gasteiger partial charge in [0.25, 0.3) is 0 Å². The maximum Gasteiger partial charge on any atom is 0.166 e. The molecule has 1 aliphatic heterocycles. The Bertz CT molecular complexity index is 373. The number of hydrogen-bond donors (Lipinski definition) is 0. The first kappa shape index (κ1) is 12.0. The molecule has 0 atom stereocenters. The molecule has 0 radical (unpaired) electrons. The molecule has 0 amide bonds. The van der Waals surface area contributed by atoms with Gasteiger partial charge in [0, 0.05) is 5.70 Å². The second-order valence-corrected chi connectivity index (χ2v) is 4.86. The van der Waals surface area contributed by atoms with Crippen molar-refractivity contribution in [1.82, 2.24) is 0 Å². The van der Waals surface area contributed by atoms with Crippen LogP contribution in [0.3, 0.4) is 0 Å². The van der Waals surface area contributed by atoms with Crippen LogP contribution in [0.1, 0.15) is 20.8 Å². The average Bonchev–Trinajstić information content (AvgIpc) is 2.44. The number of amidine groups is 1. The van der Waals surface area contributed by atoms with Crippen molar-refractivity contribution >= 4 is 22.6 Å². The van der Waals surface area contributed by atoms with Gasteiger partial charge in [-0.3, -0.25) is 0 Å². The van der Waals surface area contributed by atoms with Crippen LogP contribution >= 0.6 is 11.8 Å². The first-order chi connectivity index (χ1) is 7.04. The Morgan fingerprint density at radius 3 is 2.60 bits per heavy atom. The van der Waals surface area contributed by atoms with Gasteiger partial charge in [0.2, 0.25) is 0 Å². The lowest BCUT2D eigenvalue weighted by Gasteiger charge is -2.05. The van der Waals surface area contributed by atoms with Crippen LogP contribution in [0.15, 0.2) is 45.9 Å². The molecule has 1 aliphatic rings. The highest BCUT2D eigenvalue weighted by Crippen LogP contribution is 2.27. The Morgan fingerprint density at radius 2 is 2.20 bits per heavy atom. The number of nitrogens with zero attached hydrogens (tertiary/aromatic N) is 2. The Kier molecular flexibility index (Phi) is 4.09. The van der Waals surface area contributed by atoms with Gasteiger partial charge in [0.15, 0.2) is 5.84 Å². The van der Waals surface area contributed by atoms with E-state index in [9.17, 15) is 0 Å². The Hall–Kier alpha value is -1.09. The second kappa shape index (κ2) is 5.12. The van der Waals surface area contributed by atoms with Crippen LogP contribution < -0.4 is 0 Å². The van der Waals surface area contributed by atoms with E-state index in [1.807, 2.05) is 13.0 Å². The van der Waals surface area contributed by atoms with E-state index in [0.29, 0.717) is 5.92 Å². The highest BCUT2D eigenvalue weighted by atomic mass is 32.2. The van der Waals surface area contributed by atoms with Crippen molar-refractivity contribution in [3.05, 3.63) is 35.9 Å². The van der Waals surface area contributed by atoms with Gasteiger partial charge >= 0.3 is 0 Å². The van der Waals surface area contributed by atoms with Crippen LogP contribution in [0, 0.1) is 5.92 Å². The van der Waals surface area contributed by atoms with Crippen molar-refractivity contribution in [3.8, 4) is 0 Å². The molecule has 0 aromatic carbocycles. The molecule has 0 spiro atoms. The summed E-state index contributed by atoms with van der Waals surface area (Å²) in [6.45, 7) is 13.8. The van der Waals surface area contributed by atoms with E-state index >= 15 is 0 Å². The number of aliphatic imine (C=N–C) groups is 2. The maximum atomic E-state index is 4.49. The molecule has 80 valence electrons. The van der Waals surface area contributed by atoms with E-state index in [1.165, 1.54) is 0 Å². The predicted octanol–water partition coefficient (Wildman–Crippen LogP) is 3.79. The van der Waals surface area contributed by atoms with E-state index in [0.717, 1.165) is 21.5 Å². The summed E-state index contributed by atoms with van der Waals surface area (Å²) in [4.78, 5) is 9.74. The van der Waals surface area contributed by atoms with E-state index in [-0.39, 0.29) is 0 Å². The largest absolute Gasteiger partial charge is 0.232 e. The van der Waals surface area contributed by atoms with Crippen LogP contribution in [0.5, 0.6) is 0 Å². The molecule has 0 aromatic heterocycles. The zero-order valence-corrected chi connectivity index (χ0v) is 10.3. The molecule has 15 heavy (non-hydrogen) atoms. The monoisotopic (exact) mass is 220 g/mol. The summed E-state index contributed by atoms with van der Waals surface area (Å²) in [6.07, 6.45) is 3.67.